The van der Waals surface area contributed by atoms with Crippen LogP contribution in [0.3, 0.4) is 0 Å². The molecule has 3 aromatic rings. The topological polar surface area (TPSA) is 50.5 Å². The van der Waals surface area contributed by atoms with Crippen LogP contribution in [-0.2, 0) is 29.4 Å². The van der Waals surface area contributed by atoms with Crippen molar-refractivity contribution in [3.63, 3.8) is 0 Å². The first-order valence-corrected chi connectivity index (χ1v) is 10.5. The summed E-state index contributed by atoms with van der Waals surface area (Å²) in [6.45, 7) is 2.79. The molecule has 0 amide bonds. The van der Waals surface area contributed by atoms with Crippen LogP contribution in [0.2, 0.25) is 0 Å². The monoisotopic (exact) mass is 375 g/mol. The maximum absolute atomic E-state index is 13.1. The number of furan rings is 1. The second kappa shape index (κ2) is 7.99. The van der Waals surface area contributed by atoms with Gasteiger partial charge in [0, 0.05) is 23.5 Å². The molecule has 132 valence electrons. The van der Waals surface area contributed by atoms with Gasteiger partial charge in [0.2, 0.25) is 10.0 Å². The van der Waals surface area contributed by atoms with E-state index in [-0.39, 0.29) is 0 Å². The highest BCUT2D eigenvalue weighted by atomic mass is 32.2. The lowest BCUT2D eigenvalue weighted by Gasteiger charge is -2.21. The van der Waals surface area contributed by atoms with Crippen molar-refractivity contribution in [2.75, 3.05) is 6.54 Å². The quantitative estimate of drug-likeness (QED) is 0.588. The first-order chi connectivity index (χ1) is 12.1. The number of rotatable bonds is 8. The average molecular weight is 376 g/mol. The van der Waals surface area contributed by atoms with Crippen molar-refractivity contribution in [3.05, 3.63) is 76.4 Å². The SMILES string of the molecule is CCc1ccc(S(=O)(=O)N(CCc2cccs2)Cc2ccoc2)cc1. The number of hydrogen-bond donors (Lipinski definition) is 0. The van der Waals surface area contributed by atoms with E-state index in [1.54, 1.807) is 42.1 Å². The molecule has 0 fully saturated rings. The Labute approximate surface area is 152 Å². The van der Waals surface area contributed by atoms with Crippen molar-refractivity contribution in [3.8, 4) is 0 Å². The lowest BCUT2D eigenvalue weighted by Crippen LogP contribution is -2.32. The third-order valence-electron chi connectivity index (χ3n) is 4.10. The summed E-state index contributed by atoms with van der Waals surface area (Å²) in [6, 6.07) is 13.0. The van der Waals surface area contributed by atoms with E-state index in [1.165, 1.54) is 9.18 Å². The van der Waals surface area contributed by atoms with Gasteiger partial charge in [0.1, 0.15) is 0 Å². The van der Waals surface area contributed by atoms with E-state index in [9.17, 15) is 8.42 Å². The Morgan fingerprint density at radius 3 is 2.48 bits per heavy atom. The number of thiophene rings is 1. The van der Waals surface area contributed by atoms with Crippen LogP contribution >= 0.6 is 11.3 Å². The number of aryl methyl sites for hydroxylation is 1. The molecule has 6 heteroatoms. The molecule has 2 heterocycles. The van der Waals surface area contributed by atoms with Crippen LogP contribution in [0.5, 0.6) is 0 Å². The first kappa shape index (κ1) is 17.9. The number of hydrogen-bond acceptors (Lipinski definition) is 4. The summed E-state index contributed by atoms with van der Waals surface area (Å²) < 4.78 is 32.9. The molecule has 25 heavy (non-hydrogen) atoms. The van der Waals surface area contributed by atoms with Gasteiger partial charge in [-0.15, -0.1) is 11.3 Å². The molecule has 3 rings (SSSR count). The van der Waals surface area contributed by atoms with E-state index >= 15 is 0 Å². The molecule has 1 aromatic carbocycles. The van der Waals surface area contributed by atoms with Gasteiger partial charge < -0.3 is 4.42 Å². The second-order valence-corrected chi connectivity index (χ2v) is 8.77. The van der Waals surface area contributed by atoms with Gasteiger partial charge in [0.25, 0.3) is 0 Å². The highest BCUT2D eigenvalue weighted by Crippen LogP contribution is 2.21. The van der Waals surface area contributed by atoms with Crippen molar-refractivity contribution in [2.24, 2.45) is 0 Å². The number of benzene rings is 1. The van der Waals surface area contributed by atoms with E-state index in [0.717, 1.165) is 17.5 Å². The largest absolute Gasteiger partial charge is 0.472 e. The van der Waals surface area contributed by atoms with Crippen molar-refractivity contribution >= 4 is 21.4 Å². The van der Waals surface area contributed by atoms with E-state index in [0.29, 0.717) is 24.4 Å². The average Bonchev–Trinajstić information content (AvgIpc) is 3.32. The molecule has 0 aliphatic rings. The van der Waals surface area contributed by atoms with Gasteiger partial charge in [0.05, 0.1) is 17.4 Å². The Bertz CT molecular complexity index is 867. The predicted octanol–water partition coefficient (Wildman–Crippen LogP) is 4.34. The molecule has 0 saturated carbocycles. The maximum atomic E-state index is 13.1. The molecule has 4 nitrogen and oxygen atoms in total. The van der Waals surface area contributed by atoms with Crippen molar-refractivity contribution in [1.82, 2.24) is 4.31 Å². The fraction of sp³-hybridized carbons (Fsp3) is 0.263. The standard InChI is InChI=1S/C19H21NO3S2/c1-2-16-5-7-19(8-6-16)25(21,22)20(14-17-10-12-23-15-17)11-9-18-4-3-13-24-18/h3-8,10,12-13,15H,2,9,11,14H2,1H3. The van der Waals surface area contributed by atoms with Gasteiger partial charge in [-0.1, -0.05) is 25.1 Å². The molecule has 0 aliphatic carbocycles. The van der Waals surface area contributed by atoms with E-state index in [1.807, 2.05) is 29.6 Å². The van der Waals surface area contributed by atoms with Crippen molar-refractivity contribution < 1.29 is 12.8 Å². The van der Waals surface area contributed by atoms with Gasteiger partial charge in [-0.05, 0) is 48.1 Å². The maximum Gasteiger partial charge on any atom is 0.243 e. The minimum absolute atomic E-state index is 0.305. The Kier molecular flexibility index (Phi) is 5.73. The summed E-state index contributed by atoms with van der Waals surface area (Å²) >= 11 is 1.64. The fourth-order valence-electron chi connectivity index (χ4n) is 2.61. The van der Waals surface area contributed by atoms with Gasteiger partial charge in [-0.2, -0.15) is 4.31 Å². The normalized spacial score (nSPS) is 11.9. The molecular weight excluding hydrogens is 354 g/mol. The molecule has 0 unspecified atom stereocenters. The van der Waals surface area contributed by atoms with Crippen LogP contribution < -0.4 is 0 Å². The summed E-state index contributed by atoms with van der Waals surface area (Å²) in [4.78, 5) is 1.51. The number of sulfonamides is 1. The van der Waals surface area contributed by atoms with Crippen LogP contribution in [0.15, 0.2) is 69.7 Å². The second-order valence-electron chi connectivity index (χ2n) is 5.80. The fourth-order valence-corrected chi connectivity index (χ4v) is 4.73. The third kappa shape index (κ3) is 4.39. The first-order valence-electron chi connectivity index (χ1n) is 8.22. The van der Waals surface area contributed by atoms with Gasteiger partial charge in [-0.3, -0.25) is 0 Å². The Morgan fingerprint density at radius 2 is 1.88 bits per heavy atom. The Morgan fingerprint density at radius 1 is 1.08 bits per heavy atom. The minimum Gasteiger partial charge on any atom is -0.472 e. The van der Waals surface area contributed by atoms with Gasteiger partial charge in [0.15, 0.2) is 0 Å². The Balaban J connectivity index is 1.84. The minimum atomic E-state index is -3.56. The van der Waals surface area contributed by atoms with E-state index < -0.39 is 10.0 Å². The molecule has 2 aromatic heterocycles. The third-order valence-corrected chi connectivity index (χ3v) is 6.89. The summed E-state index contributed by atoms with van der Waals surface area (Å²) in [5.74, 6) is 0. The summed E-state index contributed by atoms with van der Waals surface area (Å²) in [5, 5.41) is 2.01. The van der Waals surface area contributed by atoms with E-state index in [4.69, 9.17) is 4.42 Å². The highest BCUT2D eigenvalue weighted by Gasteiger charge is 2.25. The van der Waals surface area contributed by atoms with Crippen molar-refractivity contribution in [1.29, 1.82) is 0 Å². The van der Waals surface area contributed by atoms with Gasteiger partial charge in [-0.25, -0.2) is 8.42 Å². The zero-order valence-electron chi connectivity index (χ0n) is 14.1. The predicted molar refractivity (Wildman–Crippen MR) is 100 cm³/mol. The van der Waals surface area contributed by atoms with Crippen LogP contribution in [0.4, 0.5) is 0 Å². The zero-order valence-corrected chi connectivity index (χ0v) is 15.7. The lowest BCUT2D eigenvalue weighted by molar-refractivity contribution is 0.408. The molecule has 0 atom stereocenters. The smallest absolute Gasteiger partial charge is 0.243 e. The lowest BCUT2D eigenvalue weighted by atomic mass is 10.2. The van der Waals surface area contributed by atoms with Crippen LogP contribution in [0.25, 0.3) is 0 Å². The summed E-state index contributed by atoms with van der Waals surface area (Å²) in [5.41, 5.74) is 1.97. The molecule has 0 saturated heterocycles. The molecule has 0 aliphatic heterocycles. The summed E-state index contributed by atoms with van der Waals surface area (Å²) in [7, 11) is -3.56. The highest BCUT2D eigenvalue weighted by molar-refractivity contribution is 7.89. The van der Waals surface area contributed by atoms with Crippen LogP contribution in [0, 0.1) is 0 Å². The van der Waals surface area contributed by atoms with E-state index in [2.05, 4.69) is 6.92 Å². The number of nitrogens with zero attached hydrogens (tertiary/aromatic N) is 1. The molecule has 0 spiro atoms. The molecular formula is C19H21NO3S2. The summed E-state index contributed by atoms with van der Waals surface area (Å²) in [6.07, 6.45) is 4.74. The van der Waals surface area contributed by atoms with Gasteiger partial charge >= 0.3 is 0 Å². The van der Waals surface area contributed by atoms with Crippen molar-refractivity contribution in [2.45, 2.75) is 31.2 Å². The van der Waals surface area contributed by atoms with Crippen LogP contribution in [-0.4, -0.2) is 19.3 Å². The van der Waals surface area contributed by atoms with Crippen LogP contribution in [0.1, 0.15) is 22.9 Å². The molecule has 0 radical (unpaired) electrons. The molecule has 0 bridgehead atoms. The molecule has 0 N–H and O–H groups in total. The zero-order chi connectivity index (χ0) is 17.7. The Hall–Kier alpha value is -1.89.